The third-order valence-corrected chi connectivity index (χ3v) is 8.56. The van der Waals surface area contributed by atoms with E-state index in [4.69, 9.17) is 9.47 Å². The smallest absolute Gasteiger partial charge is 0.266 e. The quantitative estimate of drug-likeness (QED) is 0.183. The molecule has 43 heavy (non-hydrogen) atoms. The van der Waals surface area contributed by atoms with E-state index in [1.165, 1.54) is 11.8 Å². The molecule has 1 saturated heterocycles. The number of imide groups is 1. The van der Waals surface area contributed by atoms with Gasteiger partial charge in [0, 0.05) is 35.2 Å². The van der Waals surface area contributed by atoms with Gasteiger partial charge in [0.15, 0.2) is 6.29 Å². The number of benzene rings is 4. The van der Waals surface area contributed by atoms with Crippen LogP contribution in [0.15, 0.2) is 102 Å². The van der Waals surface area contributed by atoms with E-state index in [0.717, 1.165) is 21.7 Å². The number of thioether (sulfide) groups is 1. The van der Waals surface area contributed by atoms with Gasteiger partial charge in [0.2, 0.25) is 5.91 Å². The van der Waals surface area contributed by atoms with Crippen LogP contribution in [0.1, 0.15) is 63.1 Å². The van der Waals surface area contributed by atoms with E-state index in [-0.39, 0.29) is 36.5 Å². The summed E-state index contributed by atoms with van der Waals surface area (Å²) >= 11 is 1.65. The summed E-state index contributed by atoms with van der Waals surface area (Å²) in [6, 6.07) is 29.3. The second-order valence-electron chi connectivity index (χ2n) is 10.5. The molecule has 2 aliphatic rings. The Balaban J connectivity index is 1.24. The maximum absolute atomic E-state index is 13.1. The highest BCUT2D eigenvalue weighted by atomic mass is 32.2. The fourth-order valence-corrected chi connectivity index (χ4v) is 6.21. The molecule has 2 heterocycles. The van der Waals surface area contributed by atoms with Crippen LogP contribution in [0, 0.1) is 0 Å². The van der Waals surface area contributed by atoms with Crippen LogP contribution < -0.4 is 10.2 Å². The molecule has 9 heteroatoms. The summed E-state index contributed by atoms with van der Waals surface area (Å²) < 4.78 is 12.9. The van der Waals surface area contributed by atoms with Gasteiger partial charge in [0.05, 0.1) is 35.6 Å². The zero-order valence-electron chi connectivity index (χ0n) is 23.4. The topological polar surface area (TPSA) is 105 Å². The van der Waals surface area contributed by atoms with Crippen molar-refractivity contribution < 1.29 is 29.0 Å². The van der Waals surface area contributed by atoms with Crippen LogP contribution >= 0.6 is 11.8 Å². The van der Waals surface area contributed by atoms with Gasteiger partial charge in [0.25, 0.3) is 11.8 Å². The average Bonchev–Trinajstić information content (AvgIpc) is 3.29. The van der Waals surface area contributed by atoms with E-state index >= 15 is 0 Å². The van der Waals surface area contributed by atoms with Gasteiger partial charge < -0.3 is 19.9 Å². The molecule has 1 fully saturated rings. The Kier molecular flexibility index (Phi) is 8.40. The Morgan fingerprint density at radius 2 is 1.58 bits per heavy atom. The number of aliphatic hydroxyl groups is 1. The van der Waals surface area contributed by atoms with Crippen molar-refractivity contribution in [2.24, 2.45) is 0 Å². The molecule has 0 spiro atoms. The van der Waals surface area contributed by atoms with Crippen molar-refractivity contribution >= 4 is 40.9 Å². The predicted octanol–water partition coefficient (Wildman–Crippen LogP) is 6.28. The number of nitrogens with one attached hydrogen (secondary N) is 1. The third-order valence-electron chi connectivity index (χ3n) is 7.42. The van der Waals surface area contributed by atoms with E-state index in [1.54, 1.807) is 54.2 Å². The molecule has 218 valence electrons. The van der Waals surface area contributed by atoms with E-state index in [2.05, 4.69) is 5.32 Å². The van der Waals surface area contributed by atoms with Gasteiger partial charge in [0.1, 0.15) is 0 Å². The minimum absolute atomic E-state index is 0.0396. The molecule has 4 aromatic carbocycles. The number of ether oxygens (including phenoxy) is 2. The summed E-state index contributed by atoms with van der Waals surface area (Å²) in [6.07, 6.45) is -0.574. The second-order valence-corrected chi connectivity index (χ2v) is 11.5. The highest BCUT2D eigenvalue weighted by Crippen LogP contribution is 2.40. The van der Waals surface area contributed by atoms with E-state index in [9.17, 15) is 19.5 Å². The lowest BCUT2D eigenvalue weighted by Gasteiger charge is -2.36. The second kappa shape index (κ2) is 12.5. The summed E-state index contributed by atoms with van der Waals surface area (Å²) in [5.74, 6) is -0.178. The zero-order chi connectivity index (χ0) is 29.9. The molecule has 4 aromatic rings. The molecule has 0 aromatic heterocycles. The van der Waals surface area contributed by atoms with Gasteiger partial charge in [-0.05, 0) is 59.7 Å². The Hall–Kier alpha value is -4.28. The van der Waals surface area contributed by atoms with Crippen molar-refractivity contribution in [2.45, 2.75) is 43.3 Å². The Morgan fingerprint density at radius 1 is 0.884 bits per heavy atom. The summed E-state index contributed by atoms with van der Waals surface area (Å²) in [7, 11) is 0. The molecular weight excluding hydrogens is 564 g/mol. The standard InChI is InChI=1S/C34H30N2O6S/c1-21(38)35-25-13-15-28(16-14-25)43-20-27-18-31(23-11-9-22(19-37)10-12-23)42-34(41-27)24-5-4-6-26(17-24)36-32(39)29-7-2-3-8-30(29)33(36)40/h2-17,27,31,34,37H,18-20H2,1H3,(H,35,38)/t27-,31+,34+/m0/s1. The van der Waals surface area contributed by atoms with Gasteiger partial charge >= 0.3 is 0 Å². The van der Waals surface area contributed by atoms with Gasteiger partial charge in [-0.15, -0.1) is 11.8 Å². The highest BCUT2D eigenvalue weighted by Gasteiger charge is 2.37. The first-order valence-electron chi connectivity index (χ1n) is 14.0. The van der Waals surface area contributed by atoms with Crippen LogP contribution in [0.4, 0.5) is 11.4 Å². The number of aliphatic hydroxyl groups excluding tert-OH is 1. The van der Waals surface area contributed by atoms with Crippen molar-refractivity contribution in [2.75, 3.05) is 16.0 Å². The lowest BCUT2D eigenvalue weighted by Crippen LogP contribution is -2.32. The number of carbonyl (C=O) groups is 3. The average molecular weight is 595 g/mol. The van der Waals surface area contributed by atoms with Crippen LogP contribution in [0.5, 0.6) is 0 Å². The third kappa shape index (κ3) is 6.25. The van der Waals surface area contributed by atoms with E-state index < -0.39 is 6.29 Å². The number of fused-ring (bicyclic) bond motifs is 1. The summed E-state index contributed by atoms with van der Waals surface area (Å²) in [5.41, 5.74) is 4.44. The van der Waals surface area contributed by atoms with Gasteiger partial charge in [-0.25, -0.2) is 4.90 Å². The first-order valence-corrected chi connectivity index (χ1v) is 15.0. The van der Waals surface area contributed by atoms with Crippen LogP contribution in [0.2, 0.25) is 0 Å². The van der Waals surface area contributed by atoms with E-state index in [0.29, 0.717) is 34.6 Å². The van der Waals surface area contributed by atoms with Gasteiger partial charge in [-0.1, -0.05) is 48.5 Å². The fourth-order valence-electron chi connectivity index (χ4n) is 5.28. The Morgan fingerprint density at radius 3 is 2.23 bits per heavy atom. The summed E-state index contributed by atoms with van der Waals surface area (Å²) in [6.45, 7) is 1.44. The molecule has 0 saturated carbocycles. The number of nitrogens with zero attached hydrogens (tertiary/aromatic N) is 1. The van der Waals surface area contributed by atoms with E-state index in [1.807, 2.05) is 54.6 Å². The highest BCUT2D eigenvalue weighted by molar-refractivity contribution is 7.99. The van der Waals surface area contributed by atoms with Crippen molar-refractivity contribution in [3.63, 3.8) is 0 Å². The number of amides is 3. The summed E-state index contributed by atoms with van der Waals surface area (Å²) in [5, 5.41) is 12.3. The molecule has 3 atom stereocenters. The maximum Gasteiger partial charge on any atom is 0.266 e. The normalized spacial score (nSPS) is 19.8. The predicted molar refractivity (Wildman–Crippen MR) is 164 cm³/mol. The molecule has 6 rings (SSSR count). The van der Waals surface area contributed by atoms with Crippen molar-refractivity contribution in [1.82, 2.24) is 0 Å². The molecule has 2 aliphatic heterocycles. The fraction of sp³-hybridized carbons (Fsp3) is 0.206. The van der Waals surface area contributed by atoms with Crippen molar-refractivity contribution in [1.29, 1.82) is 0 Å². The van der Waals surface area contributed by atoms with Crippen molar-refractivity contribution in [3.8, 4) is 0 Å². The molecule has 0 aliphatic carbocycles. The minimum atomic E-state index is -0.737. The molecule has 0 unspecified atom stereocenters. The molecule has 0 radical (unpaired) electrons. The monoisotopic (exact) mass is 594 g/mol. The van der Waals surface area contributed by atoms with Crippen LogP contribution in [-0.4, -0.2) is 34.7 Å². The lowest BCUT2D eigenvalue weighted by molar-refractivity contribution is -0.245. The molecule has 2 N–H and O–H groups in total. The molecule has 3 amide bonds. The number of carbonyl (C=O) groups excluding carboxylic acids is 3. The van der Waals surface area contributed by atoms with Crippen LogP contribution in [0.3, 0.4) is 0 Å². The van der Waals surface area contributed by atoms with Crippen molar-refractivity contribution in [3.05, 3.63) is 125 Å². The van der Waals surface area contributed by atoms with Crippen LogP contribution in [0.25, 0.3) is 0 Å². The number of hydrogen-bond acceptors (Lipinski definition) is 7. The Labute approximate surface area is 253 Å². The lowest BCUT2D eigenvalue weighted by atomic mass is 10.0. The SMILES string of the molecule is CC(=O)Nc1ccc(SC[C@@H]2C[C@H](c3ccc(CO)cc3)O[C@H](c3cccc(N4C(=O)c5ccccc5C4=O)c3)O2)cc1. The molecule has 8 nitrogen and oxygen atoms in total. The van der Waals surface area contributed by atoms with Crippen LogP contribution in [-0.2, 0) is 20.9 Å². The van der Waals surface area contributed by atoms with Gasteiger partial charge in [-0.2, -0.15) is 0 Å². The molecule has 0 bridgehead atoms. The number of anilines is 2. The maximum atomic E-state index is 13.1. The first-order chi connectivity index (χ1) is 20.9. The zero-order valence-corrected chi connectivity index (χ0v) is 24.3. The molecular formula is C34H30N2O6S. The van der Waals surface area contributed by atoms with Gasteiger partial charge in [-0.3, -0.25) is 14.4 Å². The Bertz CT molecular complexity index is 1620. The summed E-state index contributed by atoms with van der Waals surface area (Å²) in [4.78, 5) is 39.8. The number of rotatable bonds is 8. The minimum Gasteiger partial charge on any atom is -0.392 e. The first kappa shape index (κ1) is 28.8. The largest absolute Gasteiger partial charge is 0.392 e. The number of hydrogen-bond donors (Lipinski definition) is 2.